The Kier molecular flexibility index (Phi) is 4.52. The lowest BCUT2D eigenvalue weighted by molar-refractivity contribution is -0.136. The van der Waals surface area contributed by atoms with Crippen LogP contribution < -0.4 is 5.73 Å². The number of nitrogens with two attached hydrogens (primary N) is 1. The van der Waals surface area contributed by atoms with Crippen molar-refractivity contribution in [3.8, 4) is 0 Å². The summed E-state index contributed by atoms with van der Waals surface area (Å²) in [6, 6.07) is 0.172. The molecule has 0 saturated carbocycles. The third kappa shape index (κ3) is 3.32. The zero-order chi connectivity index (χ0) is 13.8. The Bertz CT molecular complexity index is 432. The van der Waals surface area contributed by atoms with Crippen molar-refractivity contribution >= 4 is 5.91 Å². The van der Waals surface area contributed by atoms with Gasteiger partial charge in [0.1, 0.15) is 0 Å². The van der Waals surface area contributed by atoms with Gasteiger partial charge in [0, 0.05) is 32.0 Å². The van der Waals surface area contributed by atoms with Gasteiger partial charge in [-0.15, -0.1) is 0 Å². The molecule has 1 fully saturated rings. The van der Waals surface area contributed by atoms with E-state index in [1.165, 1.54) is 0 Å². The average Bonchev–Trinajstić information content (AvgIpc) is 2.81. The molecule has 0 aromatic carbocycles. The van der Waals surface area contributed by atoms with Crippen molar-refractivity contribution in [1.29, 1.82) is 0 Å². The lowest BCUT2D eigenvalue weighted by atomic mass is 9.90. The van der Waals surface area contributed by atoms with E-state index in [1.807, 2.05) is 4.90 Å². The van der Waals surface area contributed by atoms with Gasteiger partial charge in [-0.1, -0.05) is 12.1 Å². The van der Waals surface area contributed by atoms with Gasteiger partial charge in [-0.05, 0) is 25.7 Å². The summed E-state index contributed by atoms with van der Waals surface area (Å²) in [6.07, 6.45) is 3.12. The Balaban J connectivity index is 1.91. The molecule has 106 valence electrons. The van der Waals surface area contributed by atoms with Crippen LogP contribution in [-0.4, -0.2) is 40.1 Å². The maximum atomic E-state index is 12.3. The minimum absolute atomic E-state index is 0.137. The highest BCUT2D eigenvalue weighted by atomic mass is 16.5. The molecule has 1 saturated heterocycles. The Morgan fingerprint density at radius 3 is 3.00 bits per heavy atom. The Morgan fingerprint density at radius 1 is 1.58 bits per heavy atom. The van der Waals surface area contributed by atoms with Gasteiger partial charge in [0.2, 0.25) is 11.8 Å². The van der Waals surface area contributed by atoms with E-state index in [9.17, 15) is 4.79 Å². The van der Waals surface area contributed by atoms with E-state index in [1.54, 1.807) is 6.92 Å². The molecule has 1 aromatic rings. The molecule has 1 amide bonds. The molecular weight excluding hydrogens is 244 g/mol. The molecule has 0 spiro atoms. The highest BCUT2D eigenvalue weighted by molar-refractivity contribution is 5.76. The van der Waals surface area contributed by atoms with Crippen LogP contribution in [-0.2, 0) is 11.2 Å². The van der Waals surface area contributed by atoms with Crippen LogP contribution in [0.5, 0.6) is 0 Å². The second-order valence-corrected chi connectivity index (χ2v) is 5.25. The predicted molar refractivity (Wildman–Crippen MR) is 70.3 cm³/mol. The fourth-order valence-electron chi connectivity index (χ4n) is 2.72. The number of hydrogen-bond acceptors (Lipinski definition) is 5. The smallest absolute Gasteiger partial charge is 0.227 e. The maximum absolute atomic E-state index is 12.3. The largest absolute Gasteiger partial charge is 0.339 e. The highest BCUT2D eigenvalue weighted by Crippen LogP contribution is 2.23. The average molecular weight is 266 g/mol. The second-order valence-electron chi connectivity index (χ2n) is 5.25. The molecule has 2 atom stereocenters. The van der Waals surface area contributed by atoms with Crippen LogP contribution in [0.3, 0.4) is 0 Å². The summed E-state index contributed by atoms with van der Waals surface area (Å²) in [5.74, 6) is 1.75. The first-order chi connectivity index (χ1) is 9.11. The minimum atomic E-state index is 0.137. The van der Waals surface area contributed by atoms with E-state index in [-0.39, 0.29) is 11.9 Å². The number of hydrogen-bond donors (Lipinski definition) is 1. The Morgan fingerprint density at radius 2 is 2.37 bits per heavy atom. The molecule has 2 N–H and O–H groups in total. The molecule has 1 aliphatic rings. The van der Waals surface area contributed by atoms with Crippen LogP contribution in [0, 0.1) is 12.8 Å². The fraction of sp³-hybridized carbons (Fsp3) is 0.769. The van der Waals surface area contributed by atoms with Crippen LogP contribution in [0.2, 0.25) is 0 Å². The van der Waals surface area contributed by atoms with E-state index in [4.69, 9.17) is 10.3 Å². The monoisotopic (exact) mass is 266 g/mol. The van der Waals surface area contributed by atoms with Crippen molar-refractivity contribution in [2.45, 2.75) is 45.6 Å². The van der Waals surface area contributed by atoms with Crippen LogP contribution in [0.4, 0.5) is 0 Å². The van der Waals surface area contributed by atoms with E-state index in [0.29, 0.717) is 37.0 Å². The summed E-state index contributed by atoms with van der Waals surface area (Å²) < 4.78 is 5.02. The van der Waals surface area contributed by atoms with Gasteiger partial charge in [-0.2, -0.15) is 4.98 Å². The van der Waals surface area contributed by atoms with Gasteiger partial charge in [-0.25, -0.2) is 0 Å². The van der Waals surface area contributed by atoms with Crippen LogP contribution in [0.1, 0.15) is 37.9 Å². The van der Waals surface area contributed by atoms with Crippen LogP contribution in [0.15, 0.2) is 4.52 Å². The number of nitrogens with zero attached hydrogens (tertiary/aromatic N) is 3. The van der Waals surface area contributed by atoms with E-state index >= 15 is 0 Å². The molecule has 2 rings (SSSR count). The number of likely N-dealkylation sites (tertiary alicyclic amines) is 1. The molecule has 2 heterocycles. The van der Waals surface area contributed by atoms with Crippen molar-refractivity contribution in [2.24, 2.45) is 11.7 Å². The molecular formula is C13H22N4O2. The first-order valence-corrected chi connectivity index (χ1v) is 6.90. The van der Waals surface area contributed by atoms with Crippen molar-refractivity contribution in [2.75, 3.05) is 13.1 Å². The molecule has 1 aromatic heterocycles. The van der Waals surface area contributed by atoms with E-state index < -0.39 is 0 Å². The molecule has 6 heteroatoms. The predicted octanol–water partition coefficient (Wildman–Crippen LogP) is 0.896. The number of aromatic nitrogens is 2. The van der Waals surface area contributed by atoms with Gasteiger partial charge < -0.3 is 15.2 Å². The van der Waals surface area contributed by atoms with Crippen molar-refractivity contribution in [1.82, 2.24) is 15.0 Å². The summed E-state index contributed by atoms with van der Waals surface area (Å²) in [4.78, 5) is 18.3. The van der Waals surface area contributed by atoms with Gasteiger partial charge in [0.25, 0.3) is 0 Å². The Labute approximate surface area is 113 Å². The Hall–Kier alpha value is -1.43. The third-order valence-electron chi connectivity index (χ3n) is 3.80. The number of carbonyl (C=O) groups is 1. The normalized spacial score (nSPS) is 23.6. The number of aryl methyl sites for hydroxylation is 2. The molecule has 19 heavy (non-hydrogen) atoms. The number of rotatable bonds is 4. The van der Waals surface area contributed by atoms with Gasteiger partial charge >= 0.3 is 0 Å². The summed E-state index contributed by atoms with van der Waals surface area (Å²) in [7, 11) is 0. The van der Waals surface area contributed by atoms with Crippen LogP contribution >= 0.6 is 0 Å². The molecule has 1 aliphatic heterocycles. The first kappa shape index (κ1) is 14.0. The first-order valence-electron chi connectivity index (χ1n) is 6.90. The molecule has 0 bridgehead atoms. The molecule has 6 nitrogen and oxygen atoms in total. The standard InChI is InChI=1S/C13H22N4O2/c1-9-4-3-7-17(11(9)8-14)13(18)6-5-12-15-10(2)16-19-12/h9,11H,3-8,14H2,1-2H3. The number of amides is 1. The van der Waals surface area contributed by atoms with Crippen molar-refractivity contribution < 1.29 is 9.32 Å². The summed E-state index contributed by atoms with van der Waals surface area (Å²) in [5.41, 5.74) is 5.80. The van der Waals surface area contributed by atoms with Crippen LogP contribution in [0.25, 0.3) is 0 Å². The molecule has 2 unspecified atom stereocenters. The summed E-state index contributed by atoms with van der Waals surface area (Å²) >= 11 is 0. The molecule has 0 aliphatic carbocycles. The van der Waals surface area contributed by atoms with E-state index in [2.05, 4.69) is 17.1 Å². The van der Waals surface area contributed by atoms with Crippen molar-refractivity contribution in [3.63, 3.8) is 0 Å². The van der Waals surface area contributed by atoms with Gasteiger partial charge in [0.15, 0.2) is 5.82 Å². The zero-order valence-electron chi connectivity index (χ0n) is 11.6. The maximum Gasteiger partial charge on any atom is 0.227 e. The fourth-order valence-corrected chi connectivity index (χ4v) is 2.72. The van der Waals surface area contributed by atoms with E-state index in [0.717, 1.165) is 19.4 Å². The number of piperidine rings is 1. The quantitative estimate of drug-likeness (QED) is 0.875. The SMILES string of the molecule is Cc1noc(CCC(=O)N2CCCC(C)C2CN)n1. The lowest BCUT2D eigenvalue weighted by Crippen LogP contribution is -2.51. The van der Waals surface area contributed by atoms with Gasteiger partial charge in [-0.3, -0.25) is 4.79 Å². The van der Waals surface area contributed by atoms with Crippen molar-refractivity contribution in [3.05, 3.63) is 11.7 Å². The highest BCUT2D eigenvalue weighted by Gasteiger charge is 2.30. The third-order valence-corrected chi connectivity index (χ3v) is 3.80. The summed E-state index contributed by atoms with van der Waals surface area (Å²) in [5, 5.41) is 3.72. The summed E-state index contributed by atoms with van der Waals surface area (Å²) in [6.45, 7) is 5.28. The lowest BCUT2D eigenvalue weighted by Gasteiger charge is -2.39. The molecule has 0 radical (unpaired) electrons. The second kappa shape index (κ2) is 6.14. The number of carbonyl (C=O) groups excluding carboxylic acids is 1. The van der Waals surface area contributed by atoms with Gasteiger partial charge in [0.05, 0.1) is 0 Å². The zero-order valence-corrected chi connectivity index (χ0v) is 11.6. The topological polar surface area (TPSA) is 85.2 Å². The minimum Gasteiger partial charge on any atom is -0.339 e.